The van der Waals surface area contributed by atoms with E-state index in [-0.39, 0.29) is 5.56 Å². The zero-order chi connectivity index (χ0) is 24.1. The van der Waals surface area contributed by atoms with E-state index in [2.05, 4.69) is 20.8 Å². The van der Waals surface area contributed by atoms with Crippen LogP contribution in [0.4, 0.5) is 8.78 Å². The van der Waals surface area contributed by atoms with E-state index in [1.54, 1.807) is 0 Å². The third-order valence-corrected chi connectivity index (χ3v) is 11.8. The molecule has 1 unspecified atom stereocenters. The predicted molar refractivity (Wildman–Crippen MR) is 134 cm³/mol. The second-order valence-corrected chi connectivity index (χ2v) is 13.2. The quantitative estimate of drug-likeness (QED) is 0.438. The molecule has 4 aliphatic rings. The van der Waals surface area contributed by atoms with Gasteiger partial charge in [-0.05, 0) is 116 Å². The molecule has 3 heteroatoms. The van der Waals surface area contributed by atoms with Gasteiger partial charge in [0, 0.05) is 0 Å². The lowest BCUT2D eigenvalue weighted by Crippen LogP contribution is -2.53. The Labute approximate surface area is 206 Å². The number of rotatable bonds is 6. The number of hydrogen-bond acceptors (Lipinski definition) is 1. The van der Waals surface area contributed by atoms with E-state index >= 15 is 0 Å². The van der Waals surface area contributed by atoms with Crippen molar-refractivity contribution in [3.63, 3.8) is 0 Å². The Morgan fingerprint density at radius 1 is 0.882 bits per heavy atom. The molecule has 4 saturated carbocycles. The average Bonchev–Trinajstić information content (AvgIpc) is 3.16. The van der Waals surface area contributed by atoms with Crippen molar-refractivity contribution < 1.29 is 13.9 Å². The number of aliphatic hydroxyl groups is 1. The van der Waals surface area contributed by atoms with Crippen LogP contribution in [0.2, 0.25) is 0 Å². The highest BCUT2D eigenvalue weighted by atomic mass is 19.1. The van der Waals surface area contributed by atoms with Crippen LogP contribution in [0, 0.1) is 58.0 Å². The summed E-state index contributed by atoms with van der Waals surface area (Å²) in [4.78, 5) is 0. The molecule has 0 heterocycles. The van der Waals surface area contributed by atoms with Gasteiger partial charge in [0.1, 0.15) is 11.6 Å². The fourth-order valence-electron chi connectivity index (χ4n) is 10.1. The molecule has 0 bridgehead atoms. The monoisotopic (exact) mass is 472 g/mol. The molecule has 190 valence electrons. The van der Waals surface area contributed by atoms with Gasteiger partial charge in [-0.2, -0.15) is 0 Å². The van der Waals surface area contributed by atoms with Crippen molar-refractivity contribution in [3.8, 4) is 0 Å². The Bertz CT molecular complexity index is 849. The van der Waals surface area contributed by atoms with Gasteiger partial charge in [0.05, 0.1) is 11.7 Å². The van der Waals surface area contributed by atoms with E-state index < -0.39 is 17.7 Å². The molecule has 4 fully saturated rings. The summed E-state index contributed by atoms with van der Waals surface area (Å²) in [5.74, 6) is 3.83. The minimum absolute atomic E-state index is 0.159. The van der Waals surface area contributed by atoms with Crippen molar-refractivity contribution in [2.75, 3.05) is 0 Å². The van der Waals surface area contributed by atoms with Crippen molar-refractivity contribution in [3.05, 3.63) is 35.4 Å². The fraction of sp³-hybridized carbons (Fsp3) is 0.806. The number of fused-ring (bicyclic) bond motifs is 5. The second-order valence-electron chi connectivity index (χ2n) is 13.2. The van der Waals surface area contributed by atoms with Crippen LogP contribution in [-0.2, 0) is 0 Å². The topological polar surface area (TPSA) is 20.2 Å². The lowest BCUT2D eigenvalue weighted by Gasteiger charge is -2.61. The maximum atomic E-state index is 14.0. The van der Waals surface area contributed by atoms with Crippen LogP contribution in [0.15, 0.2) is 18.2 Å². The van der Waals surface area contributed by atoms with Gasteiger partial charge in [-0.3, -0.25) is 0 Å². The molecule has 1 N–H and O–H groups in total. The van der Waals surface area contributed by atoms with Crippen LogP contribution in [0.25, 0.3) is 0 Å². The zero-order valence-corrected chi connectivity index (χ0v) is 21.7. The number of halogens is 2. The SMILES string of the molecule is C[C@H](CCCC(O)c1c(F)cccc1F)[C@H]1CC[C@H]2[C@@H]3CC[C@H]4CCCC[C@]4(C)[C@H]3CC[C@]12C. The number of aliphatic hydroxyl groups excluding tert-OH is 1. The Kier molecular flexibility index (Phi) is 6.90. The van der Waals surface area contributed by atoms with Crippen LogP contribution < -0.4 is 0 Å². The van der Waals surface area contributed by atoms with E-state index in [1.165, 1.54) is 82.4 Å². The largest absolute Gasteiger partial charge is 0.388 e. The highest BCUT2D eigenvalue weighted by Crippen LogP contribution is 2.68. The molecular formula is C31H46F2O. The van der Waals surface area contributed by atoms with Crippen LogP contribution in [0.1, 0.15) is 116 Å². The van der Waals surface area contributed by atoms with Crippen molar-refractivity contribution in [1.29, 1.82) is 0 Å². The lowest BCUT2D eigenvalue weighted by atomic mass is 9.44. The normalized spacial score (nSPS) is 41.3. The van der Waals surface area contributed by atoms with Gasteiger partial charge in [0.15, 0.2) is 0 Å². The molecule has 1 aromatic carbocycles. The van der Waals surface area contributed by atoms with E-state index in [4.69, 9.17) is 0 Å². The Morgan fingerprint density at radius 2 is 1.62 bits per heavy atom. The minimum atomic E-state index is -1.05. The molecule has 9 atom stereocenters. The van der Waals surface area contributed by atoms with Crippen LogP contribution in [-0.4, -0.2) is 5.11 Å². The van der Waals surface area contributed by atoms with Crippen molar-refractivity contribution in [1.82, 2.24) is 0 Å². The van der Waals surface area contributed by atoms with Gasteiger partial charge < -0.3 is 5.11 Å². The predicted octanol–water partition coefficient (Wildman–Crippen LogP) is 8.85. The van der Waals surface area contributed by atoms with Crippen LogP contribution in [0.5, 0.6) is 0 Å². The maximum Gasteiger partial charge on any atom is 0.131 e. The first-order valence-corrected chi connectivity index (χ1v) is 14.4. The first-order valence-electron chi connectivity index (χ1n) is 14.4. The van der Waals surface area contributed by atoms with Crippen LogP contribution >= 0.6 is 0 Å². The molecule has 34 heavy (non-hydrogen) atoms. The summed E-state index contributed by atoms with van der Waals surface area (Å²) in [5, 5.41) is 10.5. The Hall–Kier alpha value is -0.960. The molecule has 5 rings (SSSR count). The summed E-state index contributed by atoms with van der Waals surface area (Å²) in [7, 11) is 0. The van der Waals surface area contributed by atoms with E-state index in [9.17, 15) is 13.9 Å². The number of benzene rings is 1. The summed E-state index contributed by atoms with van der Waals surface area (Å²) >= 11 is 0. The molecule has 0 aromatic heterocycles. The minimum Gasteiger partial charge on any atom is -0.388 e. The van der Waals surface area contributed by atoms with Crippen molar-refractivity contribution in [2.45, 2.75) is 110 Å². The van der Waals surface area contributed by atoms with Gasteiger partial charge in [0.2, 0.25) is 0 Å². The third-order valence-electron chi connectivity index (χ3n) is 11.8. The molecule has 0 saturated heterocycles. The lowest BCUT2D eigenvalue weighted by molar-refractivity contribution is -0.114. The molecule has 0 radical (unpaired) electrons. The first kappa shape index (κ1) is 24.7. The Balaban J connectivity index is 1.21. The molecule has 0 amide bonds. The molecular weight excluding hydrogens is 426 g/mol. The summed E-state index contributed by atoms with van der Waals surface area (Å²) in [6, 6.07) is 3.83. The van der Waals surface area contributed by atoms with E-state index in [0.29, 0.717) is 23.2 Å². The standard InChI is InChI=1S/C31H46F2O/c1-20(8-6-12-28(34)29-26(32)10-7-11-27(29)33)23-15-16-24-22-14-13-21-9-4-5-18-30(21,2)25(22)17-19-31(23,24)3/h7,10-11,20-25,28,34H,4-6,8-9,12-19H2,1-3H3/t20-,21-,22+,23-,24+,25+,28?,30+,31-/m1/s1. The average molecular weight is 473 g/mol. The molecule has 1 nitrogen and oxygen atoms in total. The van der Waals surface area contributed by atoms with Gasteiger partial charge in [-0.15, -0.1) is 0 Å². The molecule has 4 aliphatic carbocycles. The highest BCUT2D eigenvalue weighted by molar-refractivity contribution is 5.22. The van der Waals surface area contributed by atoms with E-state index in [1.807, 2.05) is 0 Å². The van der Waals surface area contributed by atoms with Crippen molar-refractivity contribution >= 4 is 0 Å². The third kappa shape index (κ3) is 4.06. The fourth-order valence-corrected chi connectivity index (χ4v) is 10.1. The second kappa shape index (κ2) is 9.49. The van der Waals surface area contributed by atoms with E-state index in [0.717, 1.165) is 42.4 Å². The van der Waals surface area contributed by atoms with Crippen molar-refractivity contribution in [2.24, 2.45) is 46.3 Å². The zero-order valence-electron chi connectivity index (χ0n) is 21.7. The van der Waals surface area contributed by atoms with Gasteiger partial charge in [-0.1, -0.05) is 52.5 Å². The molecule has 0 aliphatic heterocycles. The van der Waals surface area contributed by atoms with Crippen LogP contribution in [0.3, 0.4) is 0 Å². The summed E-state index contributed by atoms with van der Waals surface area (Å²) in [6.45, 7) is 7.68. The summed E-state index contributed by atoms with van der Waals surface area (Å²) in [5.41, 5.74) is 0.896. The maximum absolute atomic E-state index is 14.0. The molecule has 0 spiro atoms. The Morgan fingerprint density at radius 3 is 2.38 bits per heavy atom. The van der Waals surface area contributed by atoms with Gasteiger partial charge in [0.25, 0.3) is 0 Å². The summed E-state index contributed by atoms with van der Waals surface area (Å²) in [6.07, 6.45) is 15.6. The first-order chi connectivity index (χ1) is 16.3. The highest BCUT2D eigenvalue weighted by Gasteiger charge is 2.60. The van der Waals surface area contributed by atoms with Gasteiger partial charge in [-0.25, -0.2) is 8.78 Å². The smallest absolute Gasteiger partial charge is 0.131 e. The molecule has 1 aromatic rings. The van der Waals surface area contributed by atoms with Gasteiger partial charge >= 0.3 is 0 Å². The number of hydrogen-bond donors (Lipinski definition) is 1. The summed E-state index contributed by atoms with van der Waals surface area (Å²) < 4.78 is 28.1.